The molecular formula is C23H38N2O6. The maximum Gasteiger partial charge on any atom is 0.329 e. The van der Waals surface area contributed by atoms with Gasteiger partial charge in [0.25, 0.3) is 0 Å². The average Bonchev–Trinajstić information content (AvgIpc) is 2.74. The first-order chi connectivity index (χ1) is 14.7. The molecule has 1 aliphatic heterocycles. The van der Waals surface area contributed by atoms with Gasteiger partial charge >= 0.3 is 5.97 Å². The van der Waals surface area contributed by atoms with Crippen molar-refractivity contribution in [2.75, 3.05) is 32.8 Å². The highest BCUT2D eigenvalue weighted by Gasteiger charge is 2.35. The molecule has 2 aliphatic rings. The van der Waals surface area contributed by atoms with E-state index in [0.717, 1.165) is 25.7 Å². The number of ether oxygens (including phenoxy) is 2. The minimum atomic E-state index is -0.954. The average molecular weight is 439 g/mol. The van der Waals surface area contributed by atoms with E-state index in [2.05, 4.69) is 0 Å². The van der Waals surface area contributed by atoms with Crippen molar-refractivity contribution in [1.82, 2.24) is 9.80 Å². The van der Waals surface area contributed by atoms with Gasteiger partial charge < -0.3 is 24.1 Å². The predicted molar refractivity (Wildman–Crippen MR) is 115 cm³/mol. The molecule has 0 radical (unpaired) electrons. The second kappa shape index (κ2) is 12.2. The molecule has 0 aromatic rings. The largest absolute Gasteiger partial charge is 0.458 e. The van der Waals surface area contributed by atoms with Gasteiger partial charge in [-0.2, -0.15) is 0 Å². The van der Waals surface area contributed by atoms with E-state index >= 15 is 0 Å². The maximum absolute atomic E-state index is 13.2. The normalized spacial score (nSPS) is 18.9. The molecule has 1 atom stereocenters. The molecule has 1 unspecified atom stereocenters. The summed E-state index contributed by atoms with van der Waals surface area (Å²) < 4.78 is 10.8. The Bertz CT molecular complexity index is 618. The Morgan fingerprint density at radius 1 is 1.10 bits per heavy atom. The Hall–Kier alpha value is -1.96. The van der Waals surface area contributed by atoms with Gasteiger partial charge in [-0.25, -0.2) is 4.79 Å². The van der Waals surface area contributed by atoms with E-state index in [-0.39, 0.29) is 31.1 Å². The fourth-order valence-corrected chi connectivity index (χ4v) is 4.19. The Morgan fingerprint density at radius 3 is 2.32 bits per heavy atom. The fraction of sp³-hybridized carbons (Fsp3) is 0.826. The monoisotopic (exact) mass is 438 g/mol. The van der Waals surface area contributed by atoms with Gasteiger partial charge in [-0.1, -0.05) is 19.3 Å². The number of nitrogens with zero attached hydrogens (tertiary/aromatic N) is 2. The van der Waals surface area contributed by atoms with Crippen LogP contribution < -0.4 is 0 Å². The van der Waals surface area contributed by atoms with Gasteiger partial charge in [-0.15, -0.1) is 0 Å². The Labute approximate surface area is 185 Å². The molecular weight excluding hydrogens is 400 g/mol. The standard InChI is InChI=1S/C23H38N2O6/c1-23(2,3)31-22(29)19(11-14-26)25(17-18-7-5-4-6-8-18)21(28)10-9-20(27)24-12-15-30-16-13-24/h14,18-19H,4-13,15-17H2,1-3H3. The topological polar surface area (TPSA) is 93.2 Å². The van der Waals surface area contributed by atoms with Crippen LogP contribution >= 0.6 is 0 Å². The van der Waals surface area contributed by atoms with Crippen molar-refractivity contribution in [2.45, 2.75) is 83.8 Å². The molecule has 1 saturated heterocycles. The fourth-order valence-electron chi connectivity index (χ4n) is 4.19. The minimum Gasteiger partial charge on any atom is -0.458 e. The summed E-state index contributed by atoms with van der Waals surface area (Å²) in [6, 6.07) is -0.954. The van der Waals surface area contributed by atoms with Crippen molar-refractivity contribution in [3.63, 3.8) is 0 Å². The second-order valence-electron chi connectivity index (χ2n) is 9.49. The Morgan fingerprint density at radius 2 is 1.74 bits per heavy atom. The number of hydrogen-bond acceptors (Lipinski definition) is 6. The molecule has 0 spiro atoms. The first-order valence-electron chi connectivity index (χ1n) is 11.5. The predicted octanol–water partition coefficient (Wildman–Crippen LogP) is 2.33. The number of carbonyl (C=O) groups is 4. The van der Waals surface area contributed by atoms with Crippen LogP contribution in [0, 0.1) is 5.92 Å². The number of amides is 2. The van der Waals surface area contributed by atoms with Crippen LogP contribution in [-0.4, -0.2) is 78.4 Å². The zero-order chi connectivity index (χ0) is 22.9. The number of rotatable bonds is 9. The minimum absolute atomic E-state index is 0.0149. The summed E-state index contributed by atoms with van der Waals surface area (Å²) in [4.78, 5) is 53.1. The van der Waals surface area contributed by atoms with Crippen LogP contribution in [0.25, 0.3) is 0 Å². The van der Waals surface area contributed by atoms with Crippen LogP contribution in [0.5, 0.6) is 0 Å². The van der Waals surface area contributed by atoms with Crippen LogP contribution in [0.2, 0.25) is 0 Å². The molecule has 176 valence electrons. The highest BCUT2D eigenvalue weighted by molar-refractivity contribution is 5.88. The molecule has 0 bridgehead atoms. The quantitative estimate of drug-likeness (QED) is 0.405. The zero-order valence-electron chi connectivity index (χ0n) is 19.3. The van der Waals surface area contributed by atoms with Crippen molar-refractivity contribution in [1.29, 1.82) is 0 Å². The molecule has 0 aromatic heterocycles. The number of carbonyl (C=O) groups excluding carboxylic acids is 4. The molecule has 8 nitrogen and oxygen atoms in total. The lowest BCUT2D eigenvalue weighted by molar-refractivity contribution is -0.166. The summed E-state index contributed by atoms with van der Waals surface area (Å²) >= 11 is 0. The van der Waals surface area contributed by atoms with Crippen LogP contribution in [0.3, 0.4) is 0 Å². The summed E-state index contributed by atoms with van der Waals surface area (Å²) in [6.45, 7) is 7.78. The summed E-state index contributed by atoms with van der Waals surface area (Å²) in [5.41, 5.74) is -0.718. The van der Waals surface area contributed by atoms with Crippen molar-refractivity contribution in [3.8, 4) is 0 Å². The second-order valence-corrected chi connectivity index (χ2v) is 9.49. The van der Waals surface area contributed by atoms with E-state index in [1.807, 2.05) is 0 Å². The first-order valence-corrected chi connectivity index (χ1v) is 11.5. The molecule has 0 N–H and O–H groups in total. The first kappa shape index (κ1) is 25.3. The van der Waals surface area contributed by atoms with Crippen molar-refractivity contribution in [3.05, 3.63) is 0 Å². The van der Waals surface area contributed by atoms with Gasteiger partial charge in [-0.3, -0.25) is 9.59 Å². The van der Waals surface area contributed by atoms with E-state index in [1.54, 1.807) is 25.7 Å². The summed E-state index contributed by atoms with van der Waals surface area (Å²) in [6.07, 6.45) is 6.04. The van der Waals surface area contributed by atoms with Crippen LogP contribution in [0.4, 0.5) is 0 Å². The Kier molecular flexibility index (Phi) is 9.93. The molecule has 1 heterocycles. The summed E-state index contributed by atoms with van der Waals surface area (Å²) in [7, 11) is 0. The lowest BCUT2D eigenvalue weighted by Crippen LogP contribution is -2.50. The Balaban J connectivity index is 2.10. The molecule has 2 amide bonds. The number of aldehydes is 1. The number of morpholine rings is 1. The molecule has 0 aromatic carbocycles. The van der Waals surface area contributed by atoms with Crippen LogP contribution in [0.15, 0.2) is 0 Å². The van der Waals surface area contributed by atoms with Gasteiger partial charge in [0.15, 0.2) is 0 Å². The lowest BCUT2D eigenvalue weighted by Gasteiger charge is -2.35. The SMILES string of the molecule is CC(C)(C)OC(=O)C(CC=O)N(CC1CCCCC1)C(=O)CCC(=O)N1CCOCC1. The van der Waals surface area contributed by atoms with Gasteiger partial charge in [-0.05, 0) is 39.5 Å². The van der Waals surface area contributed by atoms with E-state index < -0.39 is 17.6 Å². The maximum atomic E-state index is 13.2. The smallest absolute Gasteiger partial charge is 0.329 e. The van der Waals surface area contributed by atoms with Crippen molar-refractivity contribution >= 4 is 24.1 Å². The molecule has 2 rings (SSSR count). The zero-order valence-corrected chi connectivity index (χ0v) is 19.3. The van der Waals surface area contributed by atoms with Gasteiger partial charge in [0, 0.05) is 38.9 Å². The highest BCUT2D eigenvalue weighted by Crippen LogP contribution is 2.26. The van der Waals surface area contributed by atoms with Gasteiger partial charge in [0.05, 0.1) is 13.2 Å². The van der Waals surface area contributed by atoms with Crippen LogP contribution in [-0.2, 0) is 28.7 Å². The molecule has 8 heteroatoms. The molecule has 1 aliphatic carbocycles. The van der Waals surface area contributed by atoms with E-state index in [4.69, 9.17) is 9.47 Å². The highest BCUT2D eigenvalue weighted by atomic mass is 16.6. The summed E-state index contributed by atoms with van der Waals surface area (Å²) in [5.74, 6) is -0.629. The van der Waals surface area contributed by atoms with Crippen molar-refractivity contribution < 1.29 is 28.7 Å². The number of hydrogen-bond donors (Lipinski definition) is 0. The lowest BCUT2D eigenvalue weighted by atomic mass is 9.88. The van der Waals surface area contributed by atoms with Crippen molar-refractivity contribution in [2.24, 2.45) is 5.92 Å². The molecule has 1 saturated carbocycles. The van der Waals surface area contributed by atoms with Gasteiger partial charge in [0.1, 0.15) is 17.9 Å². The molecule has 31 heavy (non-hydrogen) atoms. The summed E-state index contributed by atoms with van der Waals surface area (Å²) in [5, 5.41) is 0. The van der Waals surface area contributed by atoms with Gasteiger partial charge in [0.2, 0.25) is 11.8 Å². The third kappa shape index (κ3) is 8.59. The van der Waals surface area contributed by atoms with E-state index in [0.29, 0.717) is 45.1 Å². The third-order valence-corrected chi connectivity index (χ3v) is 5.79. The third-order valence-electron chi connectivity index (χ3n) is 5.79. The number of esters is 1. The van der Waals surface area contributed by atoms with E-state index in [9.17, 15) is 19.2 Å². The van der Waals surface area contributed by atoms with E-state index in [1.165, 1.54) is 11.3 Å². The van der Waals surface area contributed by atoms with Crippen LogP contribution in [0.1, 0.15) is 72.1 Å². The molecule has 2 fully saturated rings.